The number of nitrogens with one attached hydrogen (secondary N) is 1. The van der Waals surface area contributed by atoms with Gasteiger partial charge in [0.1, 0.15) is 0 Å². The number of aromatic nitrogens is 3. The van der Waals surface area contributed by atoms with E-state index in [0.717, 1.165) is 25.1 Å². The van der Waals surface area contributed by atoms with E-state index < -0.39 is 9.84 Å². The summed E-state index contributed by atoms with van der Waals surface area (Å²) in [5.74, 6) is 0. The largest absolute Gasteiger partial charge is 0.310 e. The van der Waals surface area contributed by atoms with Gasteiger partial charge in [0.2, 0.25) is 0 Å². The van der Waals surface area contributed by atoms with Crippen LogP contribution in [0.5, 0.6) is 0 Å². The van der Waals surface area contributed by atoms with Crippen molar-refractivity contribution in [2.75, 3.05) is 12.8 Å². The lowest BCUT2D eigenvalue weighted by molar-refractivity contribution is 0.499. The number of hydrogen-bond donors (Lipinski definition) is 1. The van der Waals surface area contributed by atoms with E-state index in [1.54, 1.807) is 23.0 Å². The molecule has 0 aliphatic rings. The Balaban J connectivity index is 1.81. The van der Waals surface area contributed by atoms with Gasteiger partial charge < -0.3 is 5.32 Å². The van der Waals surface area contributed by atoms with Crippen molar-refractivity contribution in [3.8, 4) is 0 Å². The molecule has 1 N–H and O–H groups in total. The molecule has 0 spiro atoms. The van der Waals surface area contributed by atoms with E-state index in [9.17, 15) is 8.42 Å². The van der Waals surface area contributed by atoms with Crippen molar-refractivity contribution >= 4 is 9.84 Å². The highest BCUT2D eigenvalue weighted by Crippen LogP contribution is 2.16. The molecule has 2 aromatic rings. The van der Waals surface area contributed by atoms with Gasteiger partial charge in [-0.15, -0.1) is 5.10 Å². The Bertz CT molecular complexity index is 651. The first-order chi connectivity index (χ1) is 9.97. The number of rotatable bonds is 7. The summed E-state index contributed by atoms with van der Waals surface area (Å²) in [4.78, 5) is 0.352. The fourth-order valence-electron chi connectivity index (χ4n) is 2.03. The summed E-state index contributed by atoms with van der Waals surface area (Å²) in [6.07, 6.45) is 5.68. The molecule has 0 bridgehead atoms. The monoisotopic (exact) mass is 308 g/mol. The van der Waals surface area contributed by atoms with Crippen LogP contribution >= 0.6 is 0 Å². The number of benzene rings is 1. The second-order valence-electron chi connectivity index (χ2n) is 5.04. The Labute approximate surface area is 125 Å². The molecular weight excluding hydrogens is 288 g/mol. The van der Waals surface area contributed by atoms with Crippen LogP contribution in [0.25, 0.3) is 0 Å². The normalized spacial score (nSPS) is 13.2. The lowest BCUT2D eigenvalue weighted by Crippen LogP contribution is -2.21. The molecular formula is C14H20N4O2S. The molecule has 0 aliphatic heterocycles. The molecule has 1 atom stereocenters. The maximum Gasteiger partial charge on any atom is 0.175 e. The Morgan fingerprint density at radius 2 is 2.00 bits per heavy atom. The summed E-state index contributed by atoms with van der Waals surface area (Å²) in [5.41, 5.74) is 1.07. The zero-order chi connectivity index (χ0) is 15.3. The average Bonchev–Trinajstić information content (AvgIpc) is 2.96. The van der Waals surface area contributed by atoms with E-state index in [4.69, 9.17) is 0 Å². The Morgan fingerprint density at radius 1 is 1.29 bits per heavy atom. The van der Waals surface area contributed by atoms with Crippen LogP contribution in [0, 0.1) is 0 Å². The van der Waals surface area contributed by atoms with E-state index >= 15 is 0 Å². The smallest absolute Gasteiger partial charge is 0.175 e. The highest BCUT2D eigenvalue weighted by Gasteiger charge is 2.09. The predicted octanol–water partition coefficient (Wildman–Crippen LogP) is 1.42. The van der Waals surface area contributed by atoms with Gasteiger partial charge in [0.05, 0.1) is 11.1 Å². The number of nitrogens with zero attached hydrogens (tertiary/aromatic N) is 3. The maximum atomic E-state index is 11.4. The summed E-state index contributed by atoms with van der Waals surface area (Å²) in [5, 5.41) is 11.1. The molecule has 1 aromatic carbocycles. The standard InChI is InChI=1S/C14H20N4O2S/c1-12(15-8-3-10-18-11-9-16-17-18)13-4-6-14(7-5-13)21(2,19)20/h4-7,9,11-12,15H,3,8,10H2,1-2H3. The van der Waals surface area contributed by atoms with Crippen LogP contribution in [0.4, 0.5) is 0 Å². The zero-order valence-electron chi connectivity index (χ0n) is 12.2. The van der Waals surface area contributed by atoms with E-state index in [1.165, 1.54) is 6.26 Å². The molecule has 1 heterocycles. The van der Waals surface area contributed by atoms with Gasteiger partial charge in [0, 0.05) is 25.0 Å². The van der Waals surface area contributed by atoms with Gasteiger partial charge in [-0.05, 0) is 37.6 Å². The van der Waals surface area contributed by atoms with Gasteiger partial charge in [0.15, 0.2) is 9.84 Å². The summed E-state index contributed by atoms with van der Waals surface area (Å²) in [6, 6.07) is 7.18. The van der Waals surface area contributed by atoms with Gasteiger partial charge in [-0.2, -0.15) is 0 Å². The molecule has 0 aliphatic carbocycles. The van der Waals surface area contributed by atoms with Crippen LogP contribution in [0.1, 0.15) is 24.9 Å². The third-order valence-corrected chi connectivity index (χ3v) is 4.42. The lowest BCUT2D eigenvalue weighted by Gasteiger charge is -2.14. The molecule has 21 heavy (non-hydrogen) atoms. The summed E-state index contributed by atoms with van der Waals surface area (Å²) < 4.78 is 24.6. The summed E-state index contributed by atoms with van der Waals surface area (Å²) >= 11 is 0. The van der Waals surface area contributed by atoms with E-state index in [2.05, 4.69) is 22.6 Å². The molecule has 2 rings (SSSR count). The molecule has 0 fully saturated rings. The van der Waals surface area contributed by atoms with Crippen molar-refractivity contribution in [3.63, 3.8) is 0 Å². The van der Waals surface area contributed by atoms with Crippen molar-refractivity contribution in [1.82, 2.24) is 20.3 Å². The van der Waals surface area contributed by atoms with Crippen molar-refractivity contribution in [2.45, 2.75) is 30.8 Å². The van der Waals surface area contributed by atoms with Gasteiger partial charge >= 0.3 is 0 Å². The molecule has 1 aromatic heterocycles. The predicted molar refractivity (Wildman–Crippen MR) is 80.6 cm³/mol. The maximum absolute atomic E-state index is 11.4. The Kier molecular flexibility index (Phi) is 5.08. The van der Waals surface area contributed by atoms with Gasteiger partial charge in [0.25, 0.3) is 0 Å². The molecule has 0 radical (unpaired) electrons. The molecule has 0 saturated heterocycles. The second kappa shape index (κ2) is 6.82. The molecule has 0 amide bonds. The van der Waals surface area contributed by atoms with E-state index in [1.807, 2.05) is 18.3 Å². The molecule has 1 unspecified atom stereocenters. The van der Waals surface area contributed by atoms with Gasteiger partial charge in [-0.25, -0.2) is 8.42 Å². The minimum Gasteiger partial charge on any atom is -0.310 e. The first kappa shape index (κ1) is 15.7. The third-order valence-electron chi connectivity index (χ3n) is 3.29. The number of aryl methyl sites for hydroxylation is 1. The first-order valence-electron chi connectivity index (χ1n) is 6.84. The van der Waals surface area contributed by atoms with Crippen molar-refractivity contribution in [1.29, 1.82) is 0 Å². The topological polar surface area (TPSA) is 76.9 Å². The van der Waals surface area contributed by atoms with E-state index in [0.29, 0.717) is 4.90 Å². The molecule has 7 heteroatoms. The fraction of sp³-hybridized carbons (Fsp3) is 0.429. The van der Waals surface area contributed by atoms with Crippen molar-refractivity contribution in [3.05, 3.63) is 42.2 Å². The zero-order valence-corrected chi connectivity index (χ0v) is 13.0. The highest BCUT2D eigenvalue weighted by atomic mass is 32.2. The van der Waals surface area contributed by atoms with Crippen LogP contribution in [-0.2, 0) is 16.4 Å². The minimum absolute atomic E-state index is 0.175. The summed E-state index contributed by atoms with van der Waals surface area (Å²) in [6.45, 7) is 3.74. The Morgan fingerprint density at radius 3 is 2.57 bits per heavy atom. The summed E-state index contributed by atoms with van der Waals surface area (Å²) in [7, 11) is -3.13. The van der Waals surface area contributed by atoms with Crippen molar-refractivity contribution in [2.24, 2.45) is 0 Å². The van der Waals surface area contributed by atoms with Crippen LogP contribution in [-0.4, -0.2) is 36.2 Å². The lowest BCUT2D eigenvalue weighted by atomic mass is 10.1. The quantitative estimate of drug-likeness (QED) is 0.783. The van der Waals surface area contributed by atoms with Gasteiger partial charge in [-0.3, -0.25) is 4.68 Å². The molecule has 6 nitrogen and oxygen atoms in total. The molecule has 114 valence electrons. The van der Waals surface area contributed by atoms with Crippen molar-refractivity contribution < 1.29 is 8.42 Å². The third kappa shape index (κ3) is 4.64. The number of hydrogen-bond acceptors (Lipinski definition) is 5. The molecule has 0 saturated carbocycles. The van der Waals surface area contributed by atoms with Crippen LogP contribution in [0.2, 0.25) is 0 Å². The van der Waals surface area contributed by atoms with E-state index in [-0.39, 0.29) is 6.04 Å². The second-order valence-corrected chi connectivity index (χ2v) is 7.05. The Hall–Kier alpha value is -1.73. The fourth-order valence-corrected chi connectivity index (χ4v) is 2.66. The minimum atomic E-state index is -3.13. The first-order valence-corrected chi connectivity index (χ1v) is 8.73. The SMILES string of the molecule is CC(NCCCn1ccnn1)c1ccc(S(C)(=O)=O)cc1. The van der Waals surface area contributed by atoms with Gasteiger partial charge in [-0.1, -0.05) is 17.3 Å². The van der Waals surface area contributed by atoms with Crippen LogP contribution < -0.4 is 5.32 Å². The van der Waals surface area contributed by atoms with Crippen LogP contribution in [0.15, 0.2) is 41.6 Å². The average molecular weight is 308 g/mol. The van der Waals surface area contributed by atoms with Crippen LogP contribution in [0.3, 0.4) is 0 Å². The number of sulfone groups is 1. The highest BCUT2D eigenvalue weighted by molar-refractivity contribution is 7.90.